The summed E-state index contributed by atoms with van der Waals surface area (Å²) in [5.74, 6) is 0.648. The third kappa shape index (κ3) is 5.19. The molecule has 0 aliphatic carbocycles. The maximum Gasteiger partial charge on any atom is 2.00 e. The molecule has 0 saturated carbocycles. The Morgan fingerprint density at radius 2 is 2.24 bits per heavy atom. The van der Waals surface area contributed by atoms with Crippen LogP contribution in [-0.4, -0.2) is 34.7 Å². The second-order valence-corrected chi connectivity index (χ2v) is 2.63. The van der Waals surface area contributed by atoms with Gasteiger partial charge in [-0.25, -0.2) is 0 Å². The molecule has 0 heterocycles. The first-order valence-electron chi connectivity index (χ1n) is 4.09. The largest absolute Gasteiger partial charge is 2.00 e. The molecule has 0 radical (unpaired) electrons. The van der Waals surface area contributed by atoms with E-state index in [1.165, 1.54) is 13.3 Å². The molecule has 8 heteroatoms. The fraction of sp³-hybridized carbons (Fsp3) is 0.111. The topological polar surface area (TPSA) is 136 Å². The first-order chi connectivity index (χ1) is 7.15. The predicted molar refractivity (Wildman–Crippen MR) is 60.1 cm³/mol. The Kier molecular flexibility index (Phi) is 8.67. The monoisotopic (exact) mass is 285 g/mol. The number of urea groups is 1. The maximum atomic E-state index is 8.54. The van der Waals surface area contributed by atoms with Crippen molar-refractivity contribution >= 4 is 12.2 Å². The molecule has 1 aromatic rings. The summed E-state index contributed by atoms with van der Waals surface area (Å²) in [5, 5.41) is 11.2. The number of methoxy groups -OCH3 is 1. The fourth-order valence-electron chi connectivity index (χ4n) is 0.976. The van der Waals surface area contributed by atoms with E-state index >= 15 is 0 Å². The minimum atomic E-state index is -0.624. The van der Waals surface area contributed by atoms with E-state index in [2.05, 4.69) is 10.5 Å². The molecule has 0 spiro atoms. The van der Waals surface area contributed by atoms with Crippen molar-refractivity contribution in [1.29, 1.82) is 0 Å². The Labute approximate surface area is 108 Å². The van der Waals surface area contributed by atoms with Crippen LogP contribution in [0.3, 0.4) is 0 Å². The van der Waals surface area contributed by atoms with Crippen LogP contribution in [-0.2, 0) is 16.5 Å². The van der Waals surface area contributed by atoms with Crippen molar-refractivity contribution < 1.29 is 36.6 Å². The van der Waals surface area contributed by atoms with Crippen LogP contribution in [0, 0.1) is 0 Å². The molecule has 0 unspecified atom stereocenters. The van der Waals surface area contributed by atoms with Crippen LogP contribution in [0.4, 0.5) is 0 Å². The minimum absolute atomic E-state index is 0. The van der Waals surface area contributed by atoms with Gasteiger partial charge in [0.1, 0.15) is 0 Å². The van der Waals surface area contributed by atoms with Gasteiger partial charge in [-0.2, -0.15) is 0 Å². The van der Waals surface area contributed by atoms with Gasteiger partial charge >= 0.3 is 28.3 Å². The number of ether oxygens (including phenoxy) is 1. The van der Waals surface area contributed by atoms with E-state index in [9.17, 15) is 0 Å². The van der Waals surface area contributed by atoms with Crippen LogP contribution in [0.25, 0.3) is 5.43 Å². The van der Waals surface area contributed by atoms with Gasteiger partial charge in [-0.1, -0.05) is 6.07 Å². The smallest absolute Gasteiger partial charge is 0.870 e. The molecule has 0 saturated heterocycles. The van der Waals surface area contributed by atoms with Crippen LogP contribution in [0.1, 0.15) is 5.56 Å². The molecule has 6 N–H and O–H groups in total. The van der Waals surface area contributed by atoms with E-state index in [4.69, 9.17) is 20.4 Å². The summed E-state index contributed by atoms with van der Waals surface area (Å²) >= 11 is 0. The third-order valence-electron chi connectivity index (χ3n) is 1.64. The molecule has 7 nitrogen and oxygen atoms in total. The molecule has 17 heavy (non-hydrogen) atoms. The minimum Gasteiger partial charge on any atom is -0.870 e. The average molecular weight is 286 g/mol. The Morgan fingerprint density at radius 1 is 1.59 bits per heavy atom. The molecule has 0 aliphatic rings. The number of amides is 2. The fourth-order valence-corrected chi connectivity index (χ4v) is 0.976. The quantitative estimate of drug-likeness (QED) is 0.364. The second-order valence-electron chi connectivity index (χ2n) is 2.63. The molecular formula is C9H13N3NiO4+2. The number of hydrogen-bond donors (Lipinski definition) is 1. The normalized spacial score (nSPS) is 9.00. The predicted octanol–water partition coefficient (Wildman–Crippen LogP) is 0.0800. The first-order valence-corrected chi connectivity index (χ1v) is 4.09. The number of nitrogens with zero attached hydrogens (tertiary/aromatic N) is 2. The van der Waals surface area contributed by atoms with Gasteiger partial charge in [-0.15, -0.1) is 0 Å². The molecule has 0 atom stereocenters. The molecule has 0 aliphatic heterocycles. The van der Waals surface area contributed by atoms with Crippen LogP contribution in [0.15, 0.2) is 23.3 Å². The van der Waals surface area contributed by atoms with Gasteiger partial charge in [-0.3, -0.25) is 15.3 Å². The van der Waals surface area contributed by atoms with Crippen LogP contribution < -0.4 is 10.5 Å². The molecule has 96 valence electrons. The van der Waals surface area contributed by atoms with Crippen LogP contribution in [0.5, 0.6) is 11.5 Å². The summed E-state index contributed by atoms with van der Waals surface area (Å²) < 4.78 is 4.95. The van der Waals surface area contributed by atoms with E-state index in [1.54, 1.807) is 18.2 Å². The second kappa shape index (κ2) is 8.38. The first kappa shape index (κ1) is 17.6. The molecule has 2 amide bonds. The standard InChI is InChI=1S/C9H11N3O3.Ni.H2O/c1-15-7-4-2-3-6(8(7)13)5-11-12-9(10)14;;/h2-5H,1H3,(H4,10,11,12,13,14);;1H2/q;+2;. The Morgan fingerprint density at radius 3 is 2.76 bits per heavy atom. The van der Waals surface area contributed by atoms with E-state index in [0.29, 0.717) is 11.3 Å². The van der Waals surface area contributed by atoms with Crippen LogP contribution >= 0.6 is 0 Å². The molecular weight excluding hydrogens is 273 g/mol. The van der Waals surface area contributed by atoms with Crippen molar-refractivity contribution in [3.63, 3.8) is 0 Å². The summed E-state index contributed by atoms with van der Waals surface area (Å²) in [5.41, 5.74) is 8.61. The van der Waals surface area contributed by atoms with E-state index in [1.807, 2.05) is 0 Å². The van der Waals surface area contributed by atoms with E-state index in [0.717, 1.165) is 0 Å². The zero-order valence-corrected chi connectivity index (χ0v) is 9.89. The summed E-state index contributed by atoms with van der Waals surface area (Å²) in [4.78, 5) is 8.54. The molecule has 1 aromatic carbocycles. The van der Waals surface area contributed by atoms with Crippen molar-refractivity contribution in [3.8, 4) is 11.5 Å². The number of benzene rings is 1. The van der Waals surface area contributed by atoms with Crippen molar-refractivity contribution in [2.75, 3.05) is 7.11 Å². The summed E-state index contributed by atoms with van der Waals surface area (Å²) in [6, 6.07) is 4.45. The van der Waals surface area contributed by atoms with Crippen molar-refractivity contribution in [2.45, 2.75) is 0 Å². The van der Waals surface area contributed by atoms with E-state index < -0.39 is 6.03 Å². The van der Waals surface area contributed by atoms with Gasteiger partial charge in [0.2, 0.25) is 5.75 Å². The van der Waals surface area contributed by atoms with Crippen molar-refractivity contribution in [3.05, 3.63) is 29.2 Å². The Hall–Kier alpha value is -1.79. The van der Waals surface area contributed by atoms with Gasteiger partial charge in [0.05, 0.1) is 12.7 Å². The SMILES string of the molecule is COc1cccc(C=N[N-]C(N)=[OH+])c1[OH2+].[Ni+2].[OH-]. The molecule has 0 bridgehead atoms. The number of para-hydroxylation sites is 1. The zero-order valence-electron chi connectivity index (χ0n) is 8.90. The number of rotatable bonds is 3. The zero-order chi connectivity index (χ0) is 11.3. The van der Waals surface area contributed by atoms with Crippen molar-refractivity contribution in [1.82, 2.24) is 0 Å². The average Bonchev–Trinajstić information content (AvgIpc) is 2.20. The summed E-state index contributed by atoms with van der Waals surface area (Å²) in [7, 11) is 1.48. The van der Waals surface area contributed by atoms with Gasteiger partial charge in [0, 0.05) is 6.21 Å². The Balaban J connectivity index is 0. The molecule has 0 aromatic heterocycles. The summed E-state index contributed by atoms with van der Waals surface area (Å²) in [6.45, 7) is 0. The Bertz CT molecular complexity index is 398. The van der Waals surface area contributed by atoms with Crippen LogP contribution in [0.2, 0.25) is 0 Å². The van der Waals surface area contributed by atoms with Gasteiger partial charge < -0.3 is 21.1 Å². The number of primary amides is 1. The van der Waals surface area contributed by atoms with E-state index in [-0.39, 0.29) is 27.7 Å². The third-order valence-corrected chi connectivity index (χ3v) is 1.64. The van der Waals surface area contributed by atoms with Crippen molar-refractivity contribution in [2.24, 2.45) is 10.8 Å². The number of hydrogen-bond acceptors (Lipinski definition) is 3. The number of nitrogens with two attached hydrogens (primary N) is 1. The molecule has 1 rings (SSSR count). The number of carbonyl (C=O) groups excluding carboxylic acids is 1. The van der Waals surface area contributed by atoms with Gasteiger partial charge in [0.25, 0.3) is 0 Å². The van der Waals surface area contributed by atoms with Gasteiger partial charge in [-0.05, 0) is 12.1 Å². The van der Waals surface area contributed by atoms with Gasteiger partial charge in [0.15, 0.2) is 0 Å². The molecule has 0 fully saturated rings. The summed E-state index contributed by atoms with van der Waals surface area (Å²) in [6.07, 6.45) is 1.31. The maximum absolute atomic E-state index is 8.54.